The van der Waals surface area contributed by atoms with Crippen molar-refractivity contribution in [2.75, 3.05) is 13.7 Å². The van der Waals surface area contributed by atoms with E-state index in [2.05, 4.69) is 5.32 Å². The van der Waals surface area contributed by atoms with Crippen molar-refractivity contribution in [2.45, 2.75) is 38.8 Å². The zero-order chi connectivity index (χ0) is 10.5. The van der Waals surface area contributed by atoms with Crippen LogP contribution in [0.1, 0.15) is 27.2 Å². The van der Waals surface area contributed by atoms with Crippen LogP contribution in [0.4, 0.5) is 0 Å². The maximum absolute atomic E-state index is 10.6. The number of carbonyl (C=O) groups is 1. The third kappa shape index (κ3) is 3.74. The summed E-state index contributed by atoms with van der Waals surface area (Å²) in [7, 11) is 1.59. The molecule has 0 spiro atoms. The van der Waals surface area contributed by atoms with Gasteiger partial charge in [-0.05, 0) is 20.4 Å². The van der Waals surface area contributed by atoms with Crippen LogP contribution in [0.2, 0.25) is 0 Å². The van der Waals surface area contributed by atoms with Crippen LogP contribution in [0, 0.1) is 0 Å². The average molecular weight is 189 g/mol. The van der Waals surface area contributed by atoms with Crippen LogP contribution in [0.25, 0.3) is 0 Å². The monoisotopic (exact) mass is 189 g/mol. The van der Waals surface area contributed by atoms with Gasteiger partial charge in [-0.2, -0.15) is 0 Å². The number of rotatable bonds is 6. The van der Waals surface area contributed by atoms with Crippen molar-refractivity contribution in [3.05, 3.63) is 0 Å². The Hall–Kier alpha value is -0.610. The van der Waals surface area contributed by atoms with Crippen LogP contribution >= 0.6 is 0 Å². The van der Waals surface area contributed by atoms with Gasteiger partial charge in [0, 0.05) is 7.11 Å². The number of nitrogens with one attached hydrogen (secondary N) is 1. The highest BCUT2D eigenvalue weighted by Gasteiger charge is 2.32. The average Bonchev–Trinajstić information content (AvgIpc) is 2.02. The van der Waals surface area contributed by atoms with Crippen LogP contribution in [0.5, 0.6) is 0 Å². The van der Waals surface area contributed by atoms with Gasteiger partial charge in [-0.3, -0.25) is 4.79 Å². The third-order valence-electron chi connectivity index (χ3n) is 2.35. The Morgan fingerprint density at radius 3 is 2.54 bits per heavy atom. The quantitative estimate of drug-likeness (QED) is 0.650. The van der Waals surface area contributed by atoms with Gasteiger partial charge >= 0.3 is 5.97 Å². The molecule has 4 nitrogen and oxygen atoms in total. The first-order valence-electron chi connectivity index (χ1n) is 4.46. The molecule has 0 aromatic rings. The number of ether oxygens (including phenoxy) is 1. The zero-order valence-electron chi connectivity index (χ0n) is 8.76. The van der Waals surface area contributed by atoms with Gasteiger partial charge in [0.2, 0.25) is 0 Å². The molecule has 0 bridgehead atoms. The van der Waals surface area contributed by atoms with Gasteiger partial charge < -0.3 is 15.2 Å². The second-order valence-electron chi connectivity index (χ2n) is 3.40. The van der Waals surface area contributed by atoms with Crippen molar-refractivity contribution >= 4 is 5.97 Å². The number of methoxy groups -OCH3 is 1. The highest BCUT2D eigenvalue weighted by molar-refractivity contribution is 5.68. The van der Waals surface area contributed by atoms with E-state index in [1.54, 1.807) is 7.11 Å². The van der Waals surface area contributed by atoms with E-state index in [-0.39, 0.29) is 12.5 Å². The first-order chi connectivity index (χ1) is 5.96. The Labute approximate surface area is 79.3 Å². The summed E-state index contributed by atoms with van der Waals surface area (Å²) in [5.74, 6) is -0.813. The van der Waals surface area contributed by atoms with Gasteiger partial charge in [0.05, 0.1) is 18.1 Å². The summed E-state index contributed by atoms with van der Waals surface area (Å²) in [5, 5.41) is 11.9. The number of carboxylic acid groups (broad SMARTS) is 1. The Kier molecular flexibility index (Phi) is 4.95. The minimum Gasteiger partial charge on any atom is -0.481 e. The molecule has 0 rings (SSSR count). The minimum absolute atomic E-state index is 0.0653. The predicted molar refractivity (Wildman–Crippen MR) is 50.8 cm³/mol. The summed E-state index contributed by atoms with van der Waals surface area (Å²) in [6.07, 6.45) is -0.0564. The molecule has 2 unspecified atom stereocenters. The molecule has 2 atom stereocenters. The SMILES string of the molecule is CCNC(C)(CC(=O)O)C(C)OC. The fourth-order valence-electron chi connectivity index (χ4n) is 1.33. The molecule has 0 aliphatic heterocycles. The molecular formula is C9H19NO3. The van der Waals surface area contributed by atoms with Gasteiger partial charge in [0.15, 0.2) is 0 Å². The maximum Gasteiger partial charge on any atom is 0.305 e. The fourth-order valence-corrected chi connectivity index (χ4v) is 1.33. The lowest BCUT2D eigenvalue weighted by Crippen LogP contribution is -2.52. The van der Waals surface area contributed by atoms with E-state index < -0.39 is 11.5 Å². The summed E-state index contributed by atoms with van der Waals surface area (Å²) < 4.78 is 5.14. The van der Waals surface area contributed by atoms with Gasteiger partial charge in [-0.25, -0.2) is 0 Å². The lowest BCUT2D eigenvalue weighted by atomic mass is 9.91. The number of aliphatic carboxylic acids is 1. The van der Waals surface area contributed by atoms with E-state index >= 15 is 0 Å². The molecule has 4 heteroatoms. The summed E-state index contributed by atoms with van der Waals surface area (Å²) in [6.45, 7) is 6.41. The first kappa shape index (κ1) is 12.4. The lowest BCUT2D eigenvalue weighted by molar-refractivity contribution is -0.140. The summed E-state index contributed by atoms with van der Waals surface area (Å²) in [4.78, 5) is 10.6. The van der Waals surface area contributed by atoms with E-state index in [0.29, 0.717) is 0 Å². The van der Waals surface area contributed by atoms with Crippen molar-refractivity contribution in [1.29, 1.82) is 0 Å². The standard InChI is InChI=1S/C9H19NO3/c1-5-10-9(3,6-8(11)12)7(2)13-4/h7,10H,5-6H2,1-4H3,(H,11,12). The molecule has 2 N–H and O–H groups in total. The second-order valence-corrected chi connectivity index (χ2v) is 3.40. The molecule has 0 aliphatic carbocycles. The summed E-state index contributed by atoms with van der Waals surface area (Å²) in [5.41, 5.74) is -0.491. The van der Waals surface area contributed by atoms with Crippen molar-refractivity contribution in [3.8, 4) is 0 Å². The maximum atomic E-state index is 10.6. The van der Waals surface area contributed by atoms with Gasteiger partial charge in [0.25, 0.3) is 0 Å². The molecule has 0 amide bonds. The van der Waals surface area contributed by atoms with Crippen LogP contribution < -0.4 is 5.32 Å². The number of hydrogen-bond donors (Lipinski definition) is 2. The molecule has 0 aromatic heterocycles. The van der Waals surface area contributed by atoms with Crippen molar-refractivity contribution in [1.82, 2.24) is 5.32 Å². The van der Waals surface area contributed by atoms with Crippen molar-refractivity contribution < 1.29 is 14.6 Å². The molecule has 0 aliphatic rings. The van der Waals surface area contributed by atoms with E-state index in [4.69, 9.17) is 9.84 Å². The smallest absolute Gasteiger partial charge is 0.305 e. The third-order valence-corrected chi connectivity index (χ3v) is 2.35. The fraction of sp³-hybridized carbons (Fsp3) is 0.889. The Bertz CT molecular complexity index is 172. The van der Waals surface area contributed by atoms with E-state index in [1.807, 2.05) is 20.8 Å². The van der Waals surface area contributed by atoms with Gasteiger partial charge in [0.1, 0.15) is 0 Å². The van der Waals surface area contributed by atoms with Gasteiger partial charge in [-0.15, -0.1) is 0 Å². The van der Waals surface area contributed by atoms with E-state index in [1.165, 1.54) is 0 Å². The summed E-state index contributed by atoms with van der Waals surface area (Å²) >= 11 is 0. The lowest BCUT2D eigenvalue weighted by Gasteiger charge is -2.34. The second kappa shape index (κ2) is 5.19. The number of carboxylic acids is 1. The van der Waals surface area contributed by atoms with Crippen LogP contribution in [-0.2, 0) is 9.53 Å². The highest BCUT2D eigenvalue weighted by atomic mass is 16.5. The molecule has 0 saturated heterocycles. The van der Waals surface area contributed by atoms with Crippen LogP contribution in [0.15, 0.2) is 0 Å². The molecule has 78 valence electrons. The largest absolute Gasteiger partial charge is 0.481 e. The summed E-state index contributed by atoms with van der Waals surface area (Å²) in [6, 6.07) is 0. The highest BCUT2D eigenvalue weighted by Crippen LogP contribution is 2.17. The van der Waals surface area contributed by atoms with Crippen molar-refractivity contribution in [2.24, 2.45) is 0 Å². The molecule has 0 aromatic carbocycles. The molecule has 0 saturated carbocycles. The molecule has 0 fully saturated rings. The topological polar surface area (TPSA) is 58.6 Å². The molecule has 13 heavy (non-hydrogen) atoms. The van der Waals surface area contributed by atoms with E-state index in [0.717, 1.165) is 6.54 Å². The minimum atomic E-state index is -0.813. The van der Waals surface area contributed by atoms with E-state index in [9.17, 15) is 4.79 Å². The number of likely N-dealkylation sites (N-methyl/N-ethyl adjacent to an activating group) is 1. The Morgan fingerprint density at radius 1 is 1.69 bits per heavy atom. The van der Waals surface area contributed by atoms with Gasteiger partial charge in [-0.1, -0.05) is 6.92 Å². The Balaban J connectivity index is 4.40. The predicted octanol–water partition coefficient (Wildman–Crippen LogP) is 0.864. The normalized spacial score (nSPS) is 17.8. The molecule has 0 radical (unpaired) electrons. The molecular weight excluding hydrogens is 170 g/mol. The first-order valence-corrected chi connectivity index (χ1v) is 4.46. The number of hydrogen-bond acceptors (Lipinski definition) is 3. The Morgan fingerprint density at radius 2 is 2.23 bits per heavy atom. The zero-order valence-corrected chi connectivity index (χ0v) is 8.76. The van der Waals surface area contributed by atoms with Crippen LogP contribution in [0.3, 0.4) is 0 Å². The van der Waals surface area contributed by atoms with Crippen LogP contribution in [-0.4, -0.2) is 36.4 Å². The molecule has 0 heterocycles. The van der Waals surface area contributed by atoms with Crippen molar-refractivity contribution in [3.63, 3.8) is 0 Å².